The van der Waals surface area contributed by atoms with Crippen LogP contribution in [0.1, 0.15) is 67.3 Å². The van der Waals surface area contributed by atoms with Crippen LogP contribution in [0.25, 0.3) is 10.4 Å². The first-order valence-corrected chi connectivity index (χ1v) is 28.2. The molecule has 20 nitrogen and oxygen atoms in total. The number of aliphatic hydroxyl groups excluding tert-OH is 1. The van der Waals surface area contributed by atoms with Crippen molar-refractivity contribution in [1.29, 1.82) is 0 Å². The molecule has 6 N–H and O–H groups in total. The summed E-state index contributed by atoms with van der Waals surface area (Å²) in [4.78, 5) is 72.7. The van der Waals surface area contributed by atoms with Gasteiger partial charge in [-0.2, -0.15) is 0 Å². The molecule has 0 aliphatic carbocycles. The van der Waals surface area contributed by atoms with Gasteiger partial charge in [-0.3, -0.25) is 33.3 Å². The summed E-state index contributed by atoms with van der Waals surface area (Å²) in [5, 5.41) is 21.9. The summed E-state index contributed by atoms with van der Waals surface area (Å²) in [6.45, 7) is 12.0. The molecule has 1 aliphatic heterocycles. The number of carbonyl (C=O) groups is 4. The highest BCUT2D eigenvalue weighted by Crippen LogP contribution is 2.31. The fourth-order valence-electron chi connectivity index (χ4n) is 8.21. The Labute approximate surface area is 465 Å². The molecule has 6 rings (SSSR count). The Bertz CT molecular complexity index is 3030. The van der Waals surface area contributed by atoms with Crippen molar-refractivity contribution in [3.8, 4) is 10.4 Å². The van der Waals surface area contributed by atoms with Gasteiger partial charge >= 0.3 is 0 Å². The lowest BCUT2D eigenvalue weighted by Gasteiger charge is -2.35. The molecule has 0 unspecified atom stereocenters. The minimum atomic E-state index is -4.22. The number of hydrogen-bond donors (Lipinski definition) is 6. The molecule has 1 saturated heterocycles. The summed E-state index contributed by atoms with van der Waals surface area (Å²) < 4.78 is 68.0. The van der Waals surface area contributed by atoms with Crippen LogP contribution in [0.3, 0.4) is 0 Å². The van der Waals surface area contributed by atoms with E-state index in [4.69, 9.17) is 18.9 Å². The van der Waals surface area contributed by atoms with E-state index in [1.807, 2.05) is 60.7 Å². The van der Waals surface area contributed by atoms with Crippen molar-refractivity contribution in [3.05, 3.63) is 120 Å². The Morgan fingerprint density at radius 3 is 2.13 bits per heavy atom. The molecule has 1 fully saturated rings. The highest BCUT2D eigenvalue weighted by Gasteiger charge is 2.44. The van der Waals surface area contributed by atoms with Crippen molar-refractivity contribution in [1.82, 2.24) is 30.4 Å². The third kappa shape index (κ3) is 16.8. The summed E-state index contributed by atoms with van der Waals surface area (Å²) in [5.74, 6) is -2.42. The van der Waals surface area contributed by atoms with Crippen molar-refractivity contribution in [2.75, 3.05) is 76.0 Å². The van der Waals surface area contributed by atoms with E-state index >= 15 is 0 Å². The Balaban J connectivity index is 0.827. The van der Waals surface area contributed by atoms with E-state index in [0.29, 0.717) is 3.57 Å². The molecule has 2 aromatic heterocycles. The summed E-state index contributed by atoms with van der Waals surface area (Å²) in [5.41, 5.74) is 4.03. The standard InChI is InChI=1S/C53H66FIN8O12S2/c1-32-26-43(48(62(7)51(32)68)59-42-17-14-38(55)27-41(42)54)61-77(70,71)40-15-12-37(13-16-40)49(66)56-18-19-72-20-21-73-22-23-74-24-25-75-30-45(65)60-47(53(4,5)6)52(69)63-29-39(64)28-44(63)50(67)58-33(2)35-8-10-36(11-9-35)46-34(3)57-31-76-46/h8-17,26-27,31,33,39,44,47,59,61,64H,18-25,28-30H2,1-7H3,(H,56,66)(H,58,67)(H,60,65)/t33-,39+,44-,47+/m0/s1. The predicted octanol–water partition coefficient (Wildman–Crippen LogP) is 5.58. The Morgan fingerprint density at radius 2 is 1.52 bits per heavy atom. The van der Waals surface area contributed by atoms with E-state index in [1.165, 1.54) is 65.9 Å². The number of benzene rings is 3. The molecule has 4 amide bonds. The maximum atomic E-state index is 14.7. The topological polar surface area (TPSA) is 258 Å². The molecule has 416 valence electrons. The molecule has 3 heterocycles. The number of halogens is 2. The SMILES string of the molecule is Cc1ncsc1-c1ccc([C@H](C)NC(=O)[C@@H]2C[C@@H](O)CN2C(=O)[C@@H](NC(=O)COCCOCCOCCOCCNC(=O)c2ccc(S(=O)(=O)Nc3cc(C)c(=O)n(C)c3Nc3ccc(I)cc3F)cc2)C(C)(C)C)cc1. The summed E-state index contributed by atoms with van der Waals surface area (Å²) in [6.07, 6.45) is -0.845. The van der Waals surface area contributed by atoms with E-state index in [9.17, 15) is 41.9 Å². The first-order chi connectivity index (χ1) is 36.5. The van der Waals surface area contributed by atoms with Gasteiger partial charge in [0.05, 0.1) is 90.7 Å². The summed E-state index contributed by atoms with van der Waals surface area (Å²) in [6, 6.07) is 16.6. The van der Waals surface area contributed by atoms with Gasteiger partial charge in [0.25, 0.3) is 21.5 Å². The van der Waals surface area contributed by atoms with E-state index in [0.717, 1.165) is 21.7 Å². The molecule has 5 aromatic rings. The number of anilines is 3. The number of nitrogens with zero attached hydrogens (tertiary/aromatic N) is 3. The summed E-state index contributed by atoms with van der Waals surface area (Å²) in [7, 11) is -2.78. The minimum absolute atomic E-state index is 0.0157. The van der Waals surface area contributed by atoms with E-state index in [2.05, 4.69) is 31.0 Å². The monoisotopic (exact) mass is 1220 g/mol. The first kappa shape index (κ1) is 60.4. The summed E-state index contributed by atoms with van der Waals surface area (Å²) >= 11 is 3.52. The van der Waals surface area contributed by atoms with Crippen molar-refractivity contribution in [2.24, 2.45) is 12.5 Å². The molecule has 0 bridgehead atoms. The number of nitrogens with one attached hydrogen (secondary N) is 5. The lowest BCUT2D eigenvalue weighted by atomic mass is 9.85. The number of thiazole rings is 1. The molecule has 3 aromatic carbocycles. The van der Waals surface area contributed by atoms with Crippen molar-refractivity contribution in [3.63, 3.8) is 0 Å². The van der Waals surface area contributed by atoms with Crippen LogP contribution in [0.15, 0.2) is 88.0 Å². The number of β-amino-alcohol motifs (C(OH)–C–C–N with tert-alkyl or cyclic N) is 1. The van der Waals surface area contributed by atoms with Crippen LogP contribution in [0.4, 0.5) is 21.6 Å². The molecule has 1 aliphatic rings. The van der Waals surface area contributed by atoms with Crippen molar-refractivity contribution < 1.29 is 56.0 Å². The zero-order chi connectivity index (χ0) is 56.0. The molecule has 77 heavy (non-hydrogen) atoms. The van der Waals surface area contributed by atoms with Crippen LogP contribution < -0.4 is 31.5 Å². The number of amides is 4. The number of sulfonamides is 1. The third-order valence-corrected chi connectivity index (χ3v) is 15.4. The number of ether oxygens (including phenoxy) is 4. The number of aromatic nitrogens is 2. The normalized spacial score (nSPS) is 15.4. The van der Waals surface area contributed by atoms with Crippen LogP contribution in [0.2, 0.25) is 0 Å². The number of pyridine rings is 1. The fourth-order valence-corrected chi connectivity index (χ4v) is 10.5. The zero-order valence-electron chi connectivity index (χ0n) is 43.9. The van der Waals surface area contributed by atoms with E-state index in [-0.39, 0.29) is 112 Å². The fraction of sp³-hybridized carbons (Fsp3) is 0.434. The average molecular weight is 1220 g/mol. The minimum Gasteiger partial charge on any atom is -0.391 e. The van der Waals surface area contributed by atoms with Gasteiger partial charge in [-0.25, -0.2) is 17.8 Å². The predicted molar refractivity (Wildman–Crippen MR) is 298 cm³/mol. The highest BCUT2D eigenvalue weighted by atomic mass is 127. The van der Waals surface area contributed by atoms with Crippen LogP contribution in [-0.4, -0.2) is 136 Å². The maximum absolute atomic E-state index is 14.7. The zero-order valence-corrected chi connectivity index (χ0v) is 47.7. The Hall–Kier alpha value is -5.87. The van der Waals surface area contributed by atoms with Gasteiger partial charge in [0.15, 0.2) is 0 Å². The van der Waals surface area contributed by atoms with Crippen molar-refractivity contribution >= 4 is 84.8 Å². The van der Waals surface area contributed by atoms with Crippen LogP contribution in [-0.2, 0) is 50.4 Å². The highest BCUT2D eigenvalue weighted by molar-refractivity contribution is 14.1. The molecule has 0 radical (unpaired) electrons. The number of aliphatic hydroxyl groups is 1. The molecule has 0 spiro atoms. The van der Waals surface area contributed by atoms with Crippen LogP contribution >= 0.6 is 33.9 Å². The van der Waals surface area contributed by atoms with Gasteiger partial charge in [0.1, 0.15) is 30.3 Å². The first-order valence-electron chi connectivity index (χ1n) is 24.8. The molecule has 0 saturated carbocycles. The second-order valence-electron chi connectivity index (χ2n) is 19.4. The molecular weight excluding hydrogens is 1150 g/mol. The maximum Gasteiger partial charge on any atom is 0.262 e. The van der Waals surface area contributed by atoms with Crippen LogP contribution in [0.5, 0.6) is 0 Å². The van der Waals surface area contributed by atoms with E-state index < -0.39 is 68.6 Å². The number of likely N-dealkylation sites (tertiary alicyclic amines) is 1. The smallest absolute Gasteiger partial charge is 0.262 e. The van der Waals surface area contributed by atoms with Gasteiger partial charge in [-0.1, -0.05) is 45.0 Å². The average Bonchev–Trinajstić information content (AvgIpc) is 4.02. The lowest BCUT2D eigenvalue weighted by molar-refractivity contribution is -0.144. The Kier molecular flexibility index (Phi) is 21.7. The van der Waals surface area contributed by atoms with Gasteiger partial charge in [0.2, 0.25) is 17.7 Å². The Morgan fingerprint density at radius 1 is 0.883 bits per heavy atom. The second-order valence-corrected chi connectivity index (χ2v) is 23.1. The quantitative estimate of drug-likeness (QED) is 0.0292. The van der Waals surface area contributed by atoms with Gasteiger partial charge in [-0.05, 0) is 108 Å². The molecule has 24 heteroatoms. The molecular formula is C53H66FIN8O12S2. The number of hydrogen-bond acceptors (Lipinski definition) is 15. The van der Waals surface area contributed by atoms with E-state index in [1.54, 1.807) is 43.7 Å². The largest absolute Gasteiger partial charge is 0.391 e. The number of rotatable bonds is 26. The second kappa shape index (κ2) is 27.6. The third-order valence-electron chi connectivity index (χ3n) is 12.4. The molecule has 4 atom stereocenters. The van der Waals surface area contributed by atoms with Gasteiger partial charge in [-0.15, -0.1) is 11.3 Å². The number of aryl methyl sites for hydroxylation is 2. The lowest BCUT2D eigenvalue weighted by Crippen LogP contribution is -2.58. The van der Waals surface area contributed by atoms with Crippen molar-refractivity contribution in [2.45, 2.75) is 77.1 Å². The van der Waals surface area contributed by atoms with Gasteiger partial charge < -0.3 is 50.2 Å². The number of carbonyl (C=O) groups excluding carboxylic acids is 4. The van der Waals surface area contributed by atoms with Gasteiger partial charge in [0, 0.05) is 41.3 Å². The van der Waals surface area contributed by atoms with Crippen LogP contribution in [0, 0.1) is 28.6 Å².